The topological polar surface area (TPSA) is 292 Å². The molecule has 3 fully saturated rings. The van der Waals surface area contributed by atoms with E-state index in [0.717, 1.165) is 91.9 Å². The van der Waals surface area contributed by atoms with Crippen molar-refractivity contribution in [2.24, 2.45) is 0 Å². The van der Waals surface area contributed by atoms with Crippen molar-refractivity contribution < 1.29 is 29.5 Å². The minimum atomic E-state index is -1.32. The van der Waals surface area contributed by atoms with Crippen molar-refractivity contribution in [1.29, 1.82) is 0 Å². The second-order valence-corrected chi connectivity index (χ2v) is 28.7. The molecule has 3 spiro atoms. The second kappa shape index (κ2) is 27.1. The van der Waals surface area contributed by atoms with E-state index in [1.54, 1.807) is 39.4 Å². The first kappa shape index (κ1) is 66.5. The zero-order valence-electron chi connectivity index (χ0n) is 52.5. The molecule has 6 aliphatic heterocycles. The summed E-state index contributed by atoms with van der Waals surface area (Å²) in [5.41, 5.74) is 22.5. The van der Waals surface area contributed by atoms with Gasteiger partial charge in [0.2, 0.25) is 17.8 Å². The van der Waals surface area contributed by atoms with Gasteiger partial charge in [0.25, 0.3) is 0 Å². The highest BCUT2D eigenvalue weighted by atomic mass is 35.5. The van der Waals surface area contributed by atoms with Crippen LogP contribution in [0.4, 0.5) is 52.4 Å². The Morgan fingerprint density at radius 2 is 0.708 bits per heavy atom. The van der Waals surface area contributed by atoms with Crippen LogP contribution in [0.5, 0.6) is 0 Å². The third-order valence-corrected chi connectivity index (χ3v) is 22.0. The van der Waals surface area contributed by atoms with Gasteiger partial charge in [-0.1, -0.05) is 88.5 Å². The highest BCUT2D eigenvalue weighted by Gasteiger charge is 2.48. The summed E-state index contributed by atoms with van der Waals surface area (Å²) in [5, 5.41) is 40.7. The van der Waals surface area contributed by atoms with Gasteiger partial charge in [-0.15, -0.1) is 34.0 Å². The SMILES string of the molecule is CC(O)(C#Cc1ccc2c(c1)N(c1nc(N)ncc1Cl)CC21CCOCC1)c1nccs1.C[C@@](O)(C#Cc1ccc2c(c1)N(c1nc(N)ncc1Cl)CC21CCOCC1)c1nccs1.C[C@](O)(C#Cc1ccc2c(c1)N(c1nc(N)ncc1Cl)CC21CCOCC1)c1nccs1. The number of thiazole rings is 3. The van der Waals surface area contributed by atoms with Crippen LogP contribution in [-0.2, 0) is 47.3 Å². The van der Waals surface area contributed by atoms with Gasteiger partial charge in [-0.25, -0.2) is 29.9 Å². The minimum Gasteiger partial charge on any atom is -0.381 e. The molecule has 6 aliphatic rings. The third-order valence-electron chi connectivity index (χ3n) is 18.2. The van der Waals surface area contributed by atoms with Crippen molar-refractivity contribution >= 4 is 121 Å². The molecule has 0 saturated carbocycles. The van der Waals surface area contributed by atoms with Crippen LogP contribution >= 0.6 is 68.8 Å². The maximum Gasteiger partial charge on any atom is 0.222 e. The van der Waals surface area contributed by atoms with Crippen molar-refractivity contribution in [1.82, 2.24) is 44.9 Å². The summed E-state index contributed by atoms with van der Waals surface area (Å²) in [4.78, 5) is 44.2. The predicted octanol–water partition coefficient (Wildman–Crippen LogP) is 10.9. The lowest BCUT2D eigenvalue weighted by Gasteiger charge is -2.34. The number of aromatic nitrogens is 9. The maximum atomic E-state index is 10.7. The molecular weight excluding hydrogens is 1340 g/mol. The molecule has 9 aromatic rings. The fourth-order valence-electron chi connectivity index (χ4n) is 13.2. The van der Waals surface area contributed by atoms with Gasteiger partial charge in [-0.2, -0.15) is 15.0 Å². The summed E-state index contributed by atoms with van der Waals surface area (Å²) in [7, 11) is 0. The van der Waals surface area contributed by atoms with Crippen LogP contribution in [0.3, 0.4) is 0 Å². The molecule has 0 aliphatic carbocycles. The van der Waals surface area contributed by atoms with E-state index in [9.17, 15) is 15.3 Å². The first-order valence-corrected chi connectivity index (χ1v) is 34.7. The number of benzene rings is 3. The normalized spacial score (nSPS) is 18.7. The zero-order valence-corrected chi connectivity index (χ0v) is 57.2. The molecule has 1 unspecified atom stereocenters. The van der Waals surface area contributed by atoms with Gasteiger partial charge in [0.05, 0.1) is 18.6 Å². The zero-order chi connectivity index (χ0) is 67.0. The summed E-state index contributed by atoms with van der Waals surface area (Å²) in [6.07, 6.45) is 15.1. The van der Waals surface area contributed by atoms with E-state index in [-0.39, 0.29) is 34.1 Å². The lowest BCUT2D eigenvalue weighted by Crippen LogP contribution is -2.37. The van der Waals surface area contributed by atoms with Gasteiger partial charge < -0.3 is 61.4 Å². The Morgan fingerprint density at radius 1 is 0.438 bits per heavy atom. The van der Waals surface area contributed by atoms with Gasteiger partial charge >= 0.3 is 0 Å². The number of rotatable bonds is 6. The van der Waals surface area contributed by atoms with Crippen LogP contribution in [0.1, 0.15) is 108 Å². The molecule has 0 radical (unpaired) electrons. The highest BCUT2D eigenvalue weighted by Crippen LogP contribution is 2.54. The molecular formula is C69H66Cl3N15O6S3. The number of hydrogen-bond acceptors (Lipinski definition) is 24. The number of nitrogens with two attached hydrogens (primary N) is 3. The molecule has 492 valence electrons. The fourth-order valence-corrected chi connectivity index (χ4v) is 15.8. The molecule has 3 atom stereocenters. The van der Waals surface area contributed by atoms with Gasteiger partial charge in [-0.05, 0) is 112 Å². The quantitative estimate of drug-likeness (QED) is 0.0843. The molecule has 12 heterocycles. The average Bonchev–Trinajstić information content (AvgIpc) is 1.60. The average molecular weight is 1400 g/mol. The van der Waals surface area contributed by atoms with E-state index in [1.807, 2.05) is 52.5 Å². The largest absolute Gasteiger partial charge is 0.381 e. The third kappa shape index (κ3) is 13.5. The van der Waals surface area contributed by atoms with Gasteiger partial charge in [-0.3, -0.25) is 0 Å². The Kier molecular flexibility index (Phi) is 18.8. The molecule has 0 bridgehead atoms. The number of aliphatic hydroxyl groups is 3. The van der Waals surface area contributed by atoms with Crippen LogP contribution in [-0.4, -0.2) is 119 Å². The number of halogens is 3. The standard InChI is InChI=1S/3C23H22ClN5O2S/c3*1-22(30,20-26-8-11-32-20)5-4-15-2-3-16-18(12-15)29(14-23(16)6-9-31-10-7-23)19-17(24)13-27-21(25)28-19/h3*2-3,8,11-13,30H,6-7,9-10,14H2,1H3,(H2,25,27,28)/t2*22-;/m10./s1. The smallest absolute Gasteiger partial charge is 0.222 e. The molecule has 3 saturated heterocycles. The van der Waals surface area contributed by atoms with Gasteiger partial charge in [0.15, 0.2) is 34.3 Å². The first-order valence-electron chi connectivity index (χ1n) is 30.9. The van der Waals surface area contributed by atoms with Crippen LogP contribution in [0.2, 0.25) is 15.1 Å². The second-order valence-electron chi connectivity index (χ2n) is 24.8. The Balaban J connectivity index is 0.000000130. The number of ether oxygens (including phenoxy) is 3. The van der Waals surface area contributed by atoms with E-state index in [4.69, 9.17) is 66.2 Å². The van der Waals surface area contributed by atoms with Crippen LogP contribution in [0, 0.1) is 35.5 Å². The Labute approximate surface area is 582 Å². The van der Waals surface area contributed by atoms with E-state index in [2.05, 4.69) is 113 Å². The molecule has 0 amide bonds. The van der Waals surface area contributed by atoms with E-state index in [0.29, 0.717) is 87.2 Å². The Morgan fingerprint density at radius 3 is 0.958 bits per heavy atom. The number of hydrogen-bond donors (Lipinski definition) is 6. The molecule has 15 rings (SSSR count). The lowest BCUT2D eigenvalue weighted by atomic mass is 9.76. The number of nitrogen functional groups attached to an aromatic ring is 3. The van der Waals surface area contributed by atoms with Crippen LogP contribution in [0.25, 0.3) is 0 Å². The van der Waals surface area contributed by atoms with Crippen molar-refractivity contribution in [2.75, 3.05) is 91.2 Å². The molecule has 3 aromatic carbocycles. The lowest BCUT2D eigenvalue weighted by molar-refractivity contribution is 0.0556. The van der Waals surface area contributed by atoms with Crippen molar-refractivity contribution in [3.63, 3.8) is 0 Å². The van der Waals surface area contributed by atoms with Crippen molar-refractivity contribution in [3.05, 3.63) is 171 Å². The number of anilines is 9. The first-order chi connectivity index (χ1) is 46.1. The van der Waals surface area contributed by atoms with E-state index < -0.39 is 16.8 Å². The fraction of sp³-hybridized carbons (Fsp3) is 0.348. The van der Waals surface area contributed by atoms with E-state index >= 15 is 0 Å². The van der Waals surface area contributed by atoms with Gasteiger partial charge in [0.1, 0.15) is 30.1 Å². The molecule has 21 nitrogen and oxygen atoms in total. The Bertz CT molecular complexity index is 4090. The minimum absolute atomic E-state index is 0.0467. The summed E-state index contributed by atoms with van der Waals surface area (Å²) < 4.78 is 16.9. The van der Waals surface area contributed by atoms with Crippen LogP contribution in [0.15, 0.2) is 108 Å². The van der Waals surface area contributed by atoms with Crippen molar-refractivity contribution in [2.45, 2.75) is 92.3 Å². The summed E-state index contributed by atoms with van der Waals surface area (Å²) >= 11 is 23.6. The summed E-state index contributed by atoms with van der Waals surface area (Å²) in [6, 6.07) is 18.5. The maximum absolute atomic E-state index is 10.7. The molecule has 9 N–H and O–H groups in total. The Hall–Kier alpha value is -8.10. The predicted molar refractivity (Wildman–Crippen MR) is 376 cm³/mol. The monoisotopic (exact) mass is 1400 g/mol. The molecule has 6 aromatic heterocycles. The number of nitrogens with zero attached hydrogens (tertiary/aromatic N) is 12. The van der Waals surface area contributed by atoms with Crippen LogP contribution < -0.4 is 31.9 Å². The summed E-state index contributed by atoms with van der Waals surface area (Å²) in [5.74, 6) is 20.5. The van der Waals surface area contributed by atoms with E-state index in [1.165, 1.54) is 69.3 Å². The highest BCUT2D eigenvalue weighted by molar-refractivity contribution is 7.10. The van der Waals surface area contributed by atoms with Crippen molar-refractivity contribution in [3.8, 4) is 35.5 Å². The molecule has 27 heteroatoms. The van der Waals surface area contributed by atoms with Gasteiger partial charge in [0, 0.05) is 144 Å². The number of fused-ring (bicyclic) bond motifs is 6. The molecule has 96 heavy (non-hydrogen) atoms. The summed E-state index contributed by atoms with van der Waals surface area (Å²) in [6.45, 7) is 11.4.